The summed E-state index contributed by atoms with van der Waals surface area (Å²) in [6.45, 7) is 0. The summed E-state index contributed by atoms with van der Waals surface area (Å²) in [6, 6.07) is 0. The Morgan fingerprint density at radius 3 is 3.25 bits per heavy atom. The Hall–Kier alpha value is -0.700. The minimum atomic E-state index is -0.798. The first kappa shape index (κ1) is 7.92. The van der Waals surface area contributed by atoms with Gasteiger partial charge in [0.05, 0.1) is 5.57 Å². The molecule has 1 atom stereocenters. The Kier molecular flexibility index (Phi) is 1.97. The molecule has 2 rings (SSSR count). The molecule has 1 aliphatic carbocycles. The SMILES string of the molecule is O=C(O)C1=CCC2CCSC2=C1. The molecule has 1 heterocycles. The zero-order chi connectivity index (χ0) is 8.55. The first-order valence-electron chi connectivity index (χ1n) is 4.05. The third kappa shape index (κ3) is 1.29. The molecule has 0 spiro atoms. The van der Waals surface area contributed by atoms with E-state index in [-0.39, 0.29) is 0 Å². The second-order valence-electron chi connectivity index (χ2n) is 3.08. The number of hydrogen-bond donors (Lipinski definition) is 1. The molecule has 1 fully saturated rings. The number of carboxylic acid groups (broad SMARTS) is 1. The van der Waals surface area contributed by atoms with E-state index in [2.05, 4.69) is 0 Å². The van der Waals surface area contributed by atoms with E-state index >= 15 is 0 Å². The van der Waals surface area contributed by atoms with E-state index in [9.17, 15) is 4.79 Å². The number of fused-ring (bicyclic) bond motifs is 1. The quantitative estimate of drug-likeness (QED) is 0.674. The number of hydrogen-bond acceptors (Lipinski definition) is 2. The number of carboxylic acids is 1. The summed E-state index contributed by atoms with van der Waals surface area (Å²) in [7, 11) is 0. The summed E-state index contributed by atoms with van der Waals surface area (Å²) in [5.74, 6) is 0.976. The van der Waals surface area contributed by atoms with Crippen LogP contribution in [0.5, 0.6) is 0 Å². The summed E-state index contributed by atoms with van der Waals surface area (Å²) in [5, 5.41) is 8.74. The van der Waals surface area contributed by atoms with Crippen molar-refractivity contribution < 1.29 is 9.90 Å². The lowest BCUT2D eigenvalue weighted by Crippen LogP contribution is -2.06. The van der Waals surface area contributed by atoms with Gasteiger partial charge in [-0.25, -0.2) is 4.79 Å². The van der Waals surface area contributed by atoms with E-state index < -0.39 is 5.97 Å². The van der Waals surface area contributed by atoms with Gasteiger partial charge in [-0.05, 0) is 35.5 Å². The maximum absolute atomic E-state index is 10.6. The molecule has 2 nitrogen and oxygen atoms in total. The average molecular weight is 182 g/mol. The molecule has 1 unspecified atom stereocenters. The van der Waals surface area contributed by atoms with Crippen molar-refractivity contribution in [3.05, 3.63) is 22.6 Å². The summed E-state index contributed by atoms with van der Waals surface area (Å²) >= 11 is 1.80. The van der Waals surface area contributed by atoms with Gasteiger partial charge in [-0.3, -0.25) is 0 Å². The summed E-state index contributed by atoms with van der Waals surface area (Å²) in [6.07, 6.45) is 5.79. The molecule has 0 bridgehead atoms. The van der Waals surface area contributed by atoms with Crippen molar-refractivity contribution in [2.75, 3.05) is 5.75 Å². The van der Waals surface area contributed by atoms with E-state index in [0.29, 0.717) is 11.5 Å². The minimum absolute atomic E-state index is 0.468. The Balaban J connectivity index is 2.22. The van der Waals surface area contributed by atoms with Crippen molar-refractivity contribution in [1.29, 1.82) is 0 Å². The second kappa shape index (κ2) is 2.98. The molecule has 0 aromatic rings. The Bertz CT molecular complexity index is 278. The molecule has 2 aliphatic rings. The Morgan fingerprint density at radius 2 is 2.50 bits per heavy atom. The van der Waals surface area contributed by atoms with Gasteiger partial charge in [0.25, 0.3) is 0 Å². The minimum Gasteiger partial charge on any atom is -0.478 e. The van der Waals surface area contributed by atoms with Crippen molar-refractivity contribution in [3.8, 4) is 0 Å². The van der Waals surface area contributed by atoms with Crippen molar-refractivity contribution in [3.63, 3.8) is 0 Å². The van der Waals surface area contributed by atoms with Crippen LogP contribution in [0.1, 0.15) is 12.8 Å². The Labute approximate surface area is 75.3 Å². The van der Waals surface area contributed by atoms with Gasteiger partial charge in [0.2, 0.25) is 0 Å². The Morgan fingerprint density at radius 1 is 1.67 bits per heavy atom. The third-order valence-corrected chi connectivity index (χ3v) is 3.53. The number of thioether (sulfide) groups is 1. The topological polar surface area (TPSA) is 37.3 Å². The first-order valence-corrected chi connectivity index (χ1v) is 5.04. The van der Waals surface area contributed by atoms with Gasteiger partial charge in [-0.1, -0.05) is 6.08 Å². The van der Waals surface area contributed by atoms with Crippen LogP contribution in [-0.2, 0) is 4.79 Å². The van der Waals surface area contributed by atoms with Gasteiger partial charge >= 0.3 is 5.97 Å². The monoisotopic (exact) mass is 182 g/mol. The van der Waals surface area contributed by atoms with Crippen LogP contribution in [0, 0.1) is 5.92 Å². The van der Waals surface area contributed by atoms with Crippen LogP contribution in [-0.4, -0.2) is 16.8 Å². The van der Waals surface area contributed by atoms with Crippen LogP contribution < -0.4 is 0 Å². The lowest BCUT2D eigenvalue weighted by molar-refractivity contribution is -0.132. The number of allylic oxidation sites excluding steroid dienone is 2. The molecule has 1 aliphatic heterocycles. The highest BCUT2D eigenvalue weighted by molar-refractivity contribution is 8.03. The summed E-state index contributed by atoms with van der Waals surface area (Å²) in [4.78, 5) is 11.9. The van der Waals surface area contributed by atoms with Gasteiger partial charge < -0.3 is 5.11 Å². The summed E-state index contributed by atoms with van der Waals surface area (Å²) < 4.78 is 0. The highest BCUT2D eigenvalue weighted by Gasteiger charge is 2.25. The van der Waals surface area contributed by atoms with Crippen molar-refractivity contribution >= 4 is 17.7 Å². The van der Waals surface area contributed by atoms with Gasteiger partial charge in [-0.15, -0.1) is 11.8 Å². The van der Waals surface area contributed by atoms with Gasteiger partial charge in [0, 0.05) is 0 Å². The van der Waals surface area contributed by atoms with Crippen LogP contribution in [0.15, 0.2) is 22.6 Å². The smallest absolute Gasteiger partial charge is 0.335 e. The van der Waals surface area contributed by atoms with Gasteiger partial charge in [-0.2, -0.15) is 0 Å². The predicted molar refractivity (Wildman–Crippen MR) is 49.0 cm³/mol. The molecular weight excluding hydrogens is 172 g/mol. The van der Waals surface area contributed by atoms with E-state index in [1.165, 1.54) is 11.3 Å². The van der Waals surface area contributed by atoms with Gasteiger partial charge in [0.1, 0.15) is 0 Å². The molecule has 0 aromatic heterocycles. The predicted octanol–water partition coefficient (Wildman–Crippen LogP) is 2.04. The molecule has 1 N–H and O–H groups in total. The second-order valence-corrected chi connectivity index (χ2v) is 4.25. The van der Waals surface area contributed by atoms with Crippen LogP contribution in [0.25, 0.3) is 0 Å². The van der Waals surface area contributed by atoms with Crippen LogP contribution in [0.3, 0.4) is 0 Å². The molecule has 64 valence electrons. The molecule has 1 saturated heterocycles. The number of rotatable bonds is 1. The average Bonchev–Trinajstić information content (AvgIpc) is 2.49. The van der Waals surface area contributed by atoms with E-state index in [1.54, 1.807) is 11.8 Å². The number of carbonyl (C=O) groups is 1. The van der Waals surface area contributed by atoms with Crippen LogP contribution in [0.2, 0.25) is 0 Å². The fourth-order valence-corrected chi connectivity index (χ4v) is 2.90. The van der Waals surface area contributed by atoms with Crippen LogP contribution in [0.4, 0.5) is 0 Å². The molecule has 0 aromatic carbocycles. The highest BCUT2D eigenvalue weighted by Crippen LogP contribution is 2.41. The van der Waals surface area contributed by atoms with Crippen molar-refractivity contribution in [2.24, 2.45) is 5.92 Å². The largest absolute Gasteiger partial charge is 0.478 e. The molecular formula is C9H10O2S. The maximum atomic E-state index is 10.6. The lowest BCUT2D eigenvalue weighted by atomic mass is 9.95. The van der Waals surface area contributed by atoms with Crippen molar-refractivity contribution in [2.45, 2.75) is 12.8 Å². The fraction of sp³-hybridized carbons (Fsp3) is 0.444. The van der Waals surface area contributed by atoms with Gasteiger partial charge in [0.15, 0.2) is 0 Å². The summed E-state index contributed by atoms with van der Waals surface area (Å²) in [5.41, 5.74) is 0.468. The lowest BCUT2D eigenvalue weighted by Gasteiger charge is -2.13. The number of aliphatic carboxylic acids is 1. The zero-order valence-electron chi connectivity index (χ0n) is 6.62. The normalized spacial score (nSPS) is 27.5. The van der Waals surface area contributed by atoms with E-state index in [4.69, 9.17) is 5.11 Å². The maximum Gasteiger partial charge on any atom is 0.335 e. The fourth-order valence-electron chi connectivity index (χ4n) is 1.60. The molecule has 0 radical (unpaired) electrons. The zero-order valence-corrected chi connectivity index (χ0v) is 7.43. The molecule has 12 heavy (non-hydrogen) atoms. The van der Waals surface area contributed by atoms with Crippen LogP contribution >= 0.6 is 11.8 Å². The van der Waals surface area contributed by atoms with E-state index in [1.807, 2.05) is 12.2 Å². The van der Waals surface area contributed by atoms with E-state index in [0.717, 1.165) is 12.2 Å². The first-order chi connectivity index (χ1) is 5.77. The molecule has 0 saturated carbocycles. The highest BCUT2D eigenvalue weighted by atomic mass is 32.2. The van der Waals surface area contributed by atoms with Crippen molar-refractivity contribution in [1.82, 2.24) is 0 Å². The third-order valence-electron chi connectivity index (χ3n) is 2.30. The molecule has 0 amide bonds. The molecule has 3 heteroatoms. The standard InChI is InChI=1S/C9H10O2S/c10-9(11)7-2-1-6-3-4-12-8(6)5-7/h2,5-6H,1,3-4H2,(H,10,11).